The fourth-order valence-electron chi connectivity index (χ4n) is 1.77. The first-order valence-corrected chi connectivity index (χ1v) is 8.64. The lowest BCUT2D eigenvalue weighted by molar-refractivity contribution is -0.384. The number of carbonyl (C=O) groups excluding carboxylic acids is 2. The van der Waals surface area contributed by atoms with Crippen LogP contribution in [0, 0.1) is 10.1 Å². The van der Waals surface area contributed by atoms with Crippen molar-refractivity contribution in [2.24, 2.45) is 0 Å². The molecule has 0 fully saturated rings. The van der Waals surface area contributed by atoms with Crippen molar-refractivity contribution in [2.45, 2.75) is 19.4 Å². The van der Waals surface area contributed by atoms with E-state index in [4.69, 9.17) is 0 Å². The lowest BCUT2D eigenvalue weighted by atomic mass is 10.2. The van der Waals surface area contributed by atoms with Crippen LogP contribution in [0.15, 0.2) is 24.3 Å². The number of non-ortho nitro benzene ring substituents is 1. The van der Waals surface area contributed by atoms with Crippen molar-refractivity contribution in [1.29, 1.82) is 0 Å². The molecular weight excluding hydrogens is 326 g/mol. The minimum atomic E-state index is -3.30. The number of hydrogen-bond acceptors (Lipinski definition) is 6. The van der Waals surface area contributed by atoms with Gasteiger partial charge in [-0.05, 0) is 12.5 Å². The van der Waals surface area contributed by atoms with Crippen LogP contribution in [-0.4, -0.2) is 43.2 Å². The van der Waals surface area contributed by atoms with Crippen molar-refractivity contribution in [3.05, 3.63) is 34.4 Å². The van der Waals surface area contributed by atoms with Crippen LogP contribution in [-0.2, 0) is 19.4 Å². The number of carbonyl (C=O) groups is 2. The smallest absolute Gasteiger partial charge is 0.271 e. The van der Waals surface area contributed by atoms with E-state index in [1.165, 1.54) is 31.2 Å². The molecule has 0 aromatic heterocycles. The Morgan fingerprint density at radius 3 is 2.52 bits per heavy atom. The molecule has 0 spiro atoms. The summed E-state index contributed by atoms with van der Waals surface area (Å²) in [5, 5.41) is 15.5. The second-order valence-corrected chi connectivity index (χ2v) is 7.23. The van der Waals surface area contributed by atoms with Gasteiger partial charge in [-0.2, -0.15) is 0 Å². The van der Waals surface area contributed by atoms with E-state index in [0.717, 1.165) is 6.26 Å². The molecule has 0 radical (unpaired) electrons. The highest BCUT2D eigenvalue weighted by Crippen LogP contribution is 2.17. The predicted octanol–water partition coefficient (Wildman–Crippen LogP) is 0.473. The highest BCUT2D eigenvalue weighted by molar-refractivity contribution is 7.90. The first kappa shape index (κ1) is 18.6. The van der Waals surface area contributed by atoms with E-state index in [-0.39, 0.29) is 23.5 Å². The zero-order chi connectivity index (χ0) is 17.6. The SMILES string of the molecule is CC(=O)NC(CCS(C)(=O)=O)C(=O)Nc1cccc([N+](=O)[O-])c1. The summed E-state index contributed by atoms with van der Waals surface area (Å²) in [6, 6.07) is 4.23. The molecule has 1 rings (SSSR count). The van der Waals surface area contributed by atoms with Gasteiger partial charge in [0.2, 0.25) is 11.8 Å². The van der Waals surface area contributed by atoms with Crippen molar-refractivity contribution < 1.29 is 22.9 Å². The highest BCUT2D eigenvalue weighted by atomic mass is 32.2. The van der Waals surface area contributed by atoms with Gasteiger partial charge in [0.05, 0.1) is 10.7 Å². The van der Waals surface area contributed by atoms with Crippen LogP contribution in [0.3, 0.4) is 0 Å². The Morgan fingerprint density at radius 1 is 1.35 bits per heavy atom. The summed E-state index contributed by atoms with van der Waals surface area (Å²) >= 11 is 0. The molecule has 9 nitrogen and oxygen atoms in total. The third kappa shape index (κ3) is 6.87. The molecular formula is C13H17N3O6S. The van der Waals surface area contributed by atoms with Crippen molar-refractivity contribution in [3.8, 4) is 0 Å². The molecule has 10 heteroatoms. The average molecular weight is 343 g/mol. The number of hydrogen-bond donors (Lipinski definition) is 2. The van der Waals surface area contributed by atoms with Crippen LogP contribution in [0.2, 0.25) is 0 Å². The van der Waals surface area contributed by atoms with E-state index in [0.29, 0.717) is 0 Å². The number of nitro groups is 1. The summed E-state index contributed by atoms with van der Waals surface area (Å²) in [7, 11) is -3.30. The normalized spacial score (nSPS) is 12.3. The number of rotatable bonds is 7. The molecule has 23 heavy (non-hydrogen) atoms. The monoisotopic (exact) mass is 343 g/mol. The number of benzene rings is 1. The van der Waals surface area contributed by atoms with Crippen molar-refractivity contribution >= 4 is 33.0 Å². The van der Waals surface area contributed by atoms with E-state index in [9.17, 15) is 28.1 Å². The lowest BCUT2D eigenvalue weighted by Crippen LogP contribution is -2.43. The first-order chi connectivity index (χ1) is 10.6. The van der Waals surface area contributed by atoms with E-state index in [2.05, 4.69) is 10.6 Å². The molecule has 0 aliphatic heterocycles. The van der Waals surface area contributed by atoms with Gasteiger partial charge in [-0.3, -0.25) is 19.7 Å². The maximum Gasteiger partial charge on any atom is 0.271 e. The van der Waals surface area contributed by atoms with Gasteiger partial charge < -0.3 is 10.6 Å². The zero-order valence-corrected chi connectivity index (χ0v) is 13.4. The van der Waals surface area contributed by atoms with Gasteiger partial charge in [0.1, 0.15) is 15.9 Å². The van der Waals surface area contributed by atoms with Crippen LogP contribution >= 0.6 is 0 Å². The number of nitro benzene ring substituents is 1. The van der Waals surface area contributed by atoms with Crippen LogP contribution in [0.25, 0.3) is 0 Å². The number of nitrogens with one attached hydrogen (secondary N) is 2. The molecule has 0 saturated heterocycles. The van der Waals surface area contributed by atoms with Gasteiger partial charge in [-0.25, -0.2) is 8.42 Å². The molecule has 2 N–H and O–H groups in total. The highest BCUT2D eigenvalue weighted by Gasteiger charge is 2.21. The van der Waals surface area contributed by atoms with E-state index in [1.54, 1.807) is 0 Å². The average Bonchev–Trinajstić information content (AvgIpc) is 2.42. The second kappa shape index (κ2) is 7.68. The largest absolute Gasteiger partial charge is 0.345 e. The first-order valence-electron chi connectivity index (χ1n) is 6.58. The fourth-order valence-corrected chi connectivity index (χ4v) is 2.44. The van der Waals surface area contributed by atoms with E-state index in [1.807, 2.05) is 0 Å². The summed E-state index contributed by atoms with van der Waals surface area (Å²) < 4.78 is 22.4. The van der Waals surface area contributed by atoms with Crippen LogP contribution in [0.1, 0.15) is 13.3 Å². The fraction of sp³-hybridized carbons (Fsp3) is 0.385. The van der Waals surface area contributed by atoms with Gasteiger partial charge in [-0.1, -0.05) is 6.07 Å². The number of nitrogens with zero attached hydrogens (tertiary/aromatic N) is 1. The molecule has 1 aromatic carbocycles. The summed E-state index contributed by atoms with van der Waals surface area (Å²) in [5.41, 5.74) is -0.0195. The van der Waals surface area contributed by atoms with Crippen LogP contribution < -0.4 is 10.6 Å². The third-order valence-electron chi connectivity index (χ3n) is 2.80. The molecule has 0 heterocycles. The Morgan fingerprint density at radius 2 is 2.00 bits per heavy atom. The van der Waals surface area contributed by atoms with Gasteiger partial charge in [0.15, 0.2) is 0 Å². The second-order valence-electron chi connectivity index (χ2n) is 4.97. The minimum absolute atomic E-state index is 0.0980. The Kier molecular flexibility index (Phi) is 6.19. The molecule has 0 aliphatic carbocycles. The van der Waals surface area contributed by atoms with Gasteiger partial charge >= 0.3 is 0 Å². The lowest BCUT2D eigenvalue weighted by Gasteiger charge is -2.17. The Balaban J connectivity index is 2.85. The maximum absolute atomic E-state index is 12.2. The Hall–Kier alpha value is -2.49. The third-order valence-corrected chi connectivity index (χ3v) is 3.77. The summed E-state index contributed by atoms with van der Waals surface area (Å²) in [6.45, 7) is 1.20. The number of anilines is 1. The number of amides is 2. The molecule has 1 aromatic rings. The summed E-state index contributed by atoms with van der Waals surface area (Å²) in [4.78, 5) is 33.4. The molecule has 0 saturated carbocycles. The maximum atomic E-state index is 12.2. The molecule has 126 valence electrons. The molecule has 0 bridgehead atoms. The topological polar surface area (TPSA) is 135 Å². The zero-order valence-electron chi connectivity index (χ0n) is 12.6. The van der Waals surface area contributed by atoms with Gasteiger partial charge in [-0.15, -0.1) is 0 Å². The molecule has 1 atom stereocenters. The quantitative estimate of drug-likeness (QED) is 0.546. The standard InChI is InChI=1S/C13H17N3O6S/c1-9(17)14-12(6-7-23(2,21)22)13(18)15-10-4-3-5-11(8-10)16(19)20/h3-5,8,12H,6-7H2,1-2H3,(H,14,17)(H,15,18). The Labute approximate surface area is 133 Å². The van der Waals surface area contributed by atoms with Crippen molar-refractivity contribution in [2.75, 3.05) is 17.3 Å². The molecule has 1 unspecified atom stereocenters. The molecule has 0 aliphatic rings. The van der Waals surface area contributed by atoms with Gasteiger partial charge in [0, 0.05) is 31.0 Å². The summed E-state index contributed by atoms with van der Waals surface area (Å²) in [6.07, 6.45) is 0.926. The van der Waals surface area contributed by atoms with E-state index >= 15 is 0 Å². The summed E-state index contributed by atoms with van der Waals surface area (Å²) in [5.74, 6) is -1.41. The van der Waals surface area contributed by atoms with Crippen LogP contribution in [0.5, 0.6) is 0 Å². The van der Waals surface area contributed by atoms with E-state index < -0.39 is 32.6 Å². The minimum Gasteiger partial charge on any atom is -0.345 e. The van der Waals surface area contributed by atoms with Crippen LogP contribution in [0.4, 0.5) is 11.4 Å². The predicted molar refractivity (Wildman–Crippen MR) is 83.7 cm³/mol. The van der Waals surface area contributed by atoms with Crippen molar-refractivity contribution in [3.63, 3.8) is 0 Å². The Bertz CT molecular complexity index is 716. The van der Waals surface area contributed by atoms with Crippen molar-refractivity contribution in [1.82, 2.24) is 5.32 Å². The number of sulfone groups is 1. The molecule has 2 amide bonds. The van der Waals surface area contributed by atoms with Gasteiger partial charge in [0.25, 0.3) is 5.69 Å².